The number of benzene rings is 2. The monoisotopic (exact) mass is 490 g/mol. The van der Waals surface area contributed by atoms with Crippen molar-refractivity contribution in [3.05, 3.63) is 103 Å². The van der Waals surface area contributed by atoms with Crippen LogP contribution in [0.15, 0.2) is 70.8 Å². The number of hydrogen-bond acceptors (Lipinski definition) is 1. The molecular formula is C31H32Cl2O. The predicted molar refractivity (Wildman–Crippen MR) is 146 cm³/mol. The Morgan fingerprint density at radius 1 is 0.706 bits per heavy atom. The van der Waals surface area contributed by atoms with Crippen LogP contribution in [-0.2, 0) is 17.6 Å². The van der Waals surface area contributed by atoms with Gasteiger partial charge in [-0.05, 0) is 122 Å². The van der Waals surface area contributed by atoms with E-state index in [0.717, 1.165) is 34.0 Å². The van der Waals surface area contributed by atoms with Gasteiger partial charge in [-0.15, -0.1) is 0 Å². The van der Waals surface area contributed by atoms with Gasteiger partial charge in [-0.1, -0.05) is 58.6 Å². The summed E-state index contributed by atoms with van der Waals surface area (Å²) in [6.45, 7) is 8.68. The van der Waals surface area contributed by atoms with Crippen LogP contribution in [0.5, 0.6) is 0 Å². The Bertz CT molecular complexity index is 1170. The van der Waals surface area contributed by atoms with E-state index in [1.807, 2.05) is 24.3 Å². The van der Waals surface area contributed by atoms with Crippen LogP contribution in [0, 0.1) is 0 Å². The summed E-state index contributed by atoms with van der Waals surface area (Å²) in [4.78, 5) is 12.9. The van der Waals surface area contributed by atoms with Gasteiger partial charge < -0.3 is 0 Å². The molecular weight excluding hydrogens is 459 g/mol. The number of Topliss-reactive ketones (excluding diaryl/α,β-unsaturated/α-hetero) is 1. The van der Waals surface area contributed by atoms with Gasteiger partial charge in [0.2, 0.25) is 0 Å². The molecule has 1 nitrogen and oxygen atoms in total. The maximum absolute atomic E-state index is 12.9. The molecule has 0 aromatic heterocycles. The minimum atomic E-state index is 0.273. The van der Waals surface area contributed by atoms with Gasteiger partial charge in [0.25, 0.3) is 0 Å². The second kappa shape index (κ2) is 10.5. The number of carbonyl (C=O) groups is 1. The number of carbonyl (C=O) groups excluding carboxylic acids is 1. The zero-order chi connectivity index (χ0) is 24.4. The van der Waals surface area contributed by atoms with Crippen LogP contribution in [0.1, 0.15) is 75.6 Å². The van der Waals surface area contributed by atoms with Crippen molar-refractivity contribution in [3.63, 3.8) is 0 Å². The molecule has 0 saturated heterocycles. The molecule has 3 heteroatoms. The van der Waals surface area contributed by atoms with Crippen molar-refractivity contribution in [1.82, 2.24) is 0 Å². The predicted octanol–water partition coefficient (Wildman–Crippen LogP) is 9.37. The highest BCUT2D eigenvalue weighted by molar-refractivity contribution is 6.31. The van der Waals surface area contributed by atoms with Crippen molar-refractivity contribution in [2.75, 3.05) is 0 Å². The third kappa shape index (κ3) is 5.32. The third-order valence-electron chi connectivity index (χ3n) is 7.44. The third-order valence-corrected chi connectivity index (χ3v) is 7.91. The number of aryl methyl sites for hydroxylation is 2. The van der Waals surface area contributed by atoms with Gasteiger partial charge in [0, 0.05) is 22.9 Å². The number of allylic oxidation sites excluding steroid dienone is 8. The highest BCUT2D eigenvalue weighted by atomic mass is 35.5. The maximum Gasteiger partial charge on any atom is 0.133 e. The summed E-state index contributed by atoms with van der Waals surface area (Å²) in [5.41, 5.74) is 12.8. The van der Waals surface area contributed by atoms with E-state index in [9.17, 15) is 4.79 Å². The standard InChI is InChI=1S/C31H32Cl2O/c1-19-5-13-28(21(19)3)30-15-9-25(32)17-23(30)7-11-27(34)12-8-24-18-26(33)10-16-31(24)29-14-6-20(2)22(29)4/h5-6,9-10,15-18H,7-8,11-14H2,1-4H3. The summed E-state index contributed by atoms with van der Waals surface area (Å²) >= 11 is 12.7. The number of halogens is 2. The number of hydrogen-bond donors (Lipinski definition) is 0. The first-order valence-corrected chi connectivity index (χ1v) is 12.8. The first-order valence-electron chi connectivity index (χ1n) is 12.1. The lowest BCUT2D eigenvalue weighted by Gasteiger charge is -2.14. The van der Waals surface area contributed by atoms with E-state index >= 15 is 0 Å². The summed E-state index contributed by atoms with van der Waals surface area (Å²) in [5, 5.41) is 1.44. The van der Waals surface area contributed by atoms with Crippen LogP contribution in [0.25, 0.3) is 11.1 Å². The molecule has 4 rings (SSSR count). The van der Waals surface area contributed by atoms with E-state index in [-0.39, 0.29) is 5.78 Å². The van der Waals surface area contributed by atoms with Gasteiger partial charge in [-0.25, -0.2) is 0 Å². The Labute approximate surface area is 213 Å². The quantitative estimate of drug-likeness (QED) is 0.359. The molecule has 2 aliphatic carbocycles. The number of ketones is 1. The van der Waals surface area contributed by atoms with Crippen molar-refractivity contribution in [1.29, 1.82) is 0 Å². The van der Waals surface area contributed by atoms with Crippen LogP contribution in [0.4, 0.5) is 0 Å². The smallest absolute Gasteiger partial charge is 0.133 e. The van der Waals surface area contributed by atoms with Crippen LogP contribution >= 0.6 is 23.2 Å². The zero-order valence-electron chi connectivity index (χ0n) is 20.5. The van der Waals surface area contributed by atoms with Crippen molar-refractivity contribution in [3.8, 4) is 0 Å². The molecule has 2 aromatic carbocycles. The first-order chi connectivity index (χ1) is 16.2. The molecule has 0 heterocycles. The summed E-state index contributed by atoms with van der Waals surface area (Å²) < 4.78 is 0. The Balaban J connectivity index is 1.45. The molecule has 2 aromatic rings. The van der Waals surface area contributed by atoms with Crippen molar-refractivity contribution in [2.24, 2.45) is 0 Å². The second-order valence-corrected chi connectivity index (χ2v) is 10.4. The maximum atomic E-state index is 12.9. The molecule has 0 atom stereocenters. The Morgan fingerprint density at radius 3 is 1.47 bits per heavy atom. The average molecular weight is 492 g/mol. The lowest BCUT2D eigenvalue weighted by Crippen LogP contribution is -2.05. The van der Waals surface area contributed by atoms with E-state index in [0.29, 0.717) is 25.7 Å². The fraction of sp³-hybridized carbons (Fsp3) is 0.323. The Hall–Kier alpha value is -2.35. The second-order valence-electron chi connectivity index (χ2n) is 9.53. The SMILES string of the molecule is CC1=CCC(c2ccc(Cl)cc2CCC(=O)CCc2cc(Cl)ccc2C2=C(C)C(C)=CC2)=C1C. The largest absolute Gasteiger partial charge is 0.300 e. The Kier molecular flexibility index (Phi) is 7.65. The van der Waals surface area contributed by atoms with Crippen LogP contribution in [0.2, 0.25) is 10.0 Å². The molecule has 0 aliphatic heterocycles. The number of rotatable bonds is 8. The van der Waals surface area contributed by atoms with Crippen molar-refractivity contribution in [2.45, 2.75) is 66.2 Å². The van der Waals surface area contributed by atoms with Crippen LogP contribution in [0.3, 0.4) is 0 Å². The van der Waals surface area contributed by atoms with Crippen LogP contribution < -0.4 is 0 Å². The molecule has 0 spiro atoms. The van der Waals surface area contributed by atoms with Gasteiger partial charge in [0.1, 0.15) is 5.78 Å². The van der Waals surface area contributed by atoms with Crippen LogP contribution in [-0.4, -0.2) is 5.78 Å². The molecule has 34 heavy (non-hydrogen) atoms. The Morgan fingerprint density at radius 2 is 1.12 bits per heavy atom. The molecule has 0 saturated carbocycles. The normalized spacial score (nSPS) is 15.8. The van der Waals surface area contributed by atoms with Gasteiger partial charge >= 0.3 is 0 Å². The summed E-state index contributed by atoms with van der Waals surface area (Å²) in [7, 11) is 0. The van der Waals surface area contributed by atoms with E-state index in [4.69, 9.17) is 23.2 Å². The molecule has 2 aliphatic rings. The van der Waals surface area contributed by atoms with Gasteiger partial charge in [-0.2, -0.15) is 0 Å². The summed E-state index contributed by atoms with van der Waals surface area (Å²) in [6, 6.07) is 12.2. The minimum Gasteiger partial charge on any atom is -0.300 e. The lowest BCUT2D eigenvalue weighted by molar-refractivity contribution is -0.119. The molecule has 0 bridgehead atoms. The molecule has 0 fully saturated rings. The first kappa shape index (κ1) is 24.8. The van der Waals surface area contributed by atoms with E-state index < -0.39 is 0 Å². The molecule has 0 radical (unpaired) electrons. The van der Waals surface area contributed by atoms with Gasteiger partial charge in [0.05, 0.1) is 0 Å². The highest BCUT2D eigenvalue weighted by Crippen LogP contribution is 2.37. The summed E-state index contributed by atoms with van der Waals surface area (Å²) in [5.74, 6) is 0.273. The fourth-order valence-corrected chi connectivity index (χ4v) is 5.41. The fourth-order valence-electron chi connectivity index (χ4n) is 5.02. The lowest BCUT2D eigenvalue weighted by atomic mass is 9.91. The molecule has 0 N–H and O–H groups in total. The molecule has 176 valence electrons. The average Bonchev–Trinajstić information content (AvgIpc) is 3.32. The topological polar surface area (TPSA) is 17.1 Å². The highest BCUT2D eigenvalue weighted by Gasteiger charge is 2.18. The van der Waals surface area contributed by atoms with Gasteiger partial charge in [0.15, 0.2) is 0 Å². The zero-order valence-corrected chi connectivity index (χ0v) is 22.0. The van der Waals surface area contributed by atoms with Crippen molar-refractivity contribution < 1.29 is 4.79 Å². The minimum absolute atomic E-state index is 0.273. The van der Waals surface area contributed by atoms with Crippen molar-refractivity contribution >= 4 is 40.1 Å². The van der Waals surface area contributed by atoms with Gasteiger partial charge in [-0.3, -0.25) is 4.79 Å². The summed E-state index contributed by atoms with van der Waals surface area (Å²) in [6.07, 6.45) is 8.89. The molecule has 0 amide bonds. The van der Waals surface area contributed by atoms with E-state index in [1.165, 1.54) is 44.6 Å². The van der Waals surface area contributed by atoms with E-state index in [1.54, 1.807) is 0 Å². The van der Waals surface area contributed by atoms with E-state index in [2.05, 4.69) is 52.0 Å². The molecule has 0 unspecified atom stereocenters.